The van der Waals surface area contributed by atoms with Gasteiger partial charge in [0.25, 0.3) is 5.91 Å². The Morgan fingerprint density at radius 3 is 2.41 bits per heavy atom. The van der Waals surface area contributed by atoms with Crippen LogP contribution in [0, 0.1) is 6.92 Å². The standard InChI is InChI=1S/C23H20Cl2N6O.2ClH/c1-14(29-30-20-11-3-4-12-26-20)13-31-15(2)27-22-18(9-6-10-19(22)31)28-23(32)21-16(24)7-5-8-17(21)25;;/h3-12H,13H2,1-2H3,(H,26,30)(H,28,32);2*1H/b29-14+;;. The van der Waals surface area contributed by atoms with Crippen molar-refractivity contribution < 1.29 is 4.79 Å². The monoisotopic (exact) mass is 538 g/mol. The molecule has 0 atom stereocenters. The van der Waals surface area contributed by atoms with Gasteiger partial charge in [0.2, 0.25) is 0 Å². The number of amides is 1. The molecule has 0 saturated carbocycles. The Kier molecular flexibility index (Phi) is 9.70. The lowest BCUT2D eigenvalue weighted by Crippen LogP contribution is -2.13. The molecule has 1 amide bonds. The first-order valence-electron chi connectivity index (χ1n) is 9.85. The van der Waals surface area contributed by atoms with Crippen molar-refractivity contribution >= 4 is 82.2 Å². The van der Waals surface area contributed by atoms with Crippen LogP contribution in [0.3, 0.4) is 0 Å². The van der Waals surface area contributed by atoms with Gasteiger partial charge in [-0.25, -0.2) is 9.97 Å². The van der Waals surface area contributed by atoms with Gasteiger partial charge in [-0.05, 0) is 50.2 Å². The maximum Gasteiger partial charge on any atom is 0.258 e. The molecule has 0 bridgehead atoms. The van der Waals surface area contributed by atoms with Crippen LogP contribution in [-0.4, -0.2) is 26.2 Å². The van der Waals surface area contributed by atoms with Crippen molar-refractivity contribution in [3.63, 3.8) is 0 Å². The number of fused-ring (bicyclic) bond motifs is 1. The highest BCUT2D eigenvalue weighted by molar-refractivity contribution is 6.40. The molecule has 2 aromatic heterocycles. The van der Waals surface area contributed by atoms with E-state index >= 15 is 0 Å². The summed E-state index contributed by atoms with van der Waals surface area (Å²) in [6.07, 6.45) is 1.70. The van der Waals surface area contributed by atoms with Gasteiger partial charge >= 0.3 is 0 Å². The Morgan fingerprint density at radius 1 is 1.03 bits per heavy atom. The summed E-state index contributed by atoms with van der Waals surface area (Å²) in [7, 11) is 0. The first-order chi connectivity index (χ1) is 15.4. The van der Waals surface area contributed by atoms with E-state index in [1.807, 2.05) is 48.7 Å². The molecular formula is C23H22Cl4N6O. The van der Waals surface area contributed by atoms with E-state index < -0.39 is 5.91 Å². The molecule has 11 heteroatoms. The summed E-state index contributed by atoms with van der Waals surface area (Å²) < 4.78 is 2.03. The van der Waals surface area contributed by atoms with Crippen molar-refractivity contribution in [2.75, 3.05) is 10.7 Å². The quantitative estimate of drug-likeness (QED) is 0.213. The van der Waals surface area contributed by atoms with Crippen LogP contribution < -0.4 is 10.7 Å². The number of benzene rings is 2. The molecule has 0 fully saturated rings. The molecule has 4 aromatic rings. The van der Waals surface area contributed by atoms with Gasteiger partial charge in [-0.3, -0.25) is 10.2 Å². The number of aromatic nitrogens is 3. The summed E-state index contributed by atoms with van der Waals surface area (Å²) in [6.45, 7) is 4.36. The molecule has 0 aliphatic heterocycles. The minimum atomic E-state index is -0.391. The van der Waals surface area contributed by atoms with Gasteiger partial charge in [0.15, 0.2) is 0 Å². The van der Waals surface area contributed by atoms with Crippen LogP contribution in [0.1, 0.15) is 23.1 Å². The Balaban J connectivity index is 0.00000204. The lowest BCUT2D eigenvalue weighted by Gasteiger charge is -2.10. The molecule has 0 spiro atoms. The molecule has 0 saturated heterocycles. The third-order valence-corrected chi connectivity index (χ3v) is 5.45. The van der Waals surface area contributed by atoms with Gasteiger partial charge in [0.1, 0.15) is 17.2 Å². The molecule has 2 heterocycles. The van der Waals surface area contributed by atoms with Crippen LogP contribution >= 0.6 is 48.0 Å². The predicted octanol–water partition coefficient (Wildman–Crippen LogP) is 6.63. The number of pyridine rings is 1. The molecule has 34 heavy (non-hydrogen) atoms. The third kappa shape index (κ3) is 5.98. The maximum absolute atomic E-state index is 12.8. The zero-order valence-corrected chi connectivity index (χ0v) is 21.4. The number of imidazole rings is 1. The first-order valence-corrected chi connectivity index (χ1v) is 10.6. The van der Waals surface area contributed by atoms with Crippen molar-refractivity contribution in [3.05, 3.63) is 82.2 Å². The van der Waals surface area contributed by atoms with Crippen LogP contribution in [0.15, 0.2) is 65.9 Å². The van der Waals surface area contributed by atoms with Crippen molar-refractivity contribution in [2.45, 2.75) is 20.4 Å². The number of anilines is 2. The Hall–Kier alpha value is -2.84. The molecule has 4 rings (SSSR count). The second-order valence-corrected chi connectivity index (χ2v) is 7.96. The lowest BCUT2D eigenvalue weighted by atomic mass is 10.2. The van der Waals surface area contributed by atoms with Crippen LogP contribution in [0.25, 0.3) is 11.0 Å². The van der Waals surface area contributed by atoms with Crippen molar-refractivity contribution in [1.82, 2.24) is 14.5 Å². The highest BCUT2D eigenvalue weighted by Crippen LogP contribution is 2.28. The van der Waals surface area contributed by atoms with E-state index in [4.69, 9.17) is 23.2 Å². The van der Waals surface area contributed by atoms with Crippen molar-refractivity contribution in [3.8, 4) is 0 Å². The van der Waals surface area contributed by atoms with Gasteiger partial charge in [-0.15, -0.1) is 24.8 Å². The number of carbonyl (C=O) groups is 1. The van der Waals surface area contributed by atoms with Crippen LogP contribution in [-0.2, 0) is 6.54 Å². The average molecular weight is 540 g/mol. The lowest BCUT2D eigenvalue weighted by molar-refractivity contribution is 0.102. The number of para-hydroxylation sites is 1. The summed E-state index contributed by atoms with van der Waals surface area (Å²) in [6, 6.07) is 16.1. The first kappa shape index (κ1) is 27.4. The van der Waals surface area contributed by atoms with E-state index in [1.54, 1.807) is 30.5 Å². The van der Waals surface area contributed by atoms with Crippen LogP contribution in [0.2, 0.25) is 10.0 Å². The fourth-order valence-electron chi connectivity index (χ4n) is 3.31. The maximum atomic E-state index is 12.8. The Morgan fingerprint density at radius 2 is 1.74 bits per heavy atom. The topological polar surface area (TPSA) is 84.2 Å². The number of carbonyl (C=O) groups excluding carboxylic acids is 1. The molecule has 0 radical (unpaired) electrons. The largest absolute Gasteiger partial charge is 0.322 e. The molecule has 178 valence electrons. The fraction of sp³-hybridized carbons (Fsp3) is 0.130. The molecule has 0 aliphatic carbocycles. The number of hydrazone groups is 1. The van der Waals surface area contributed by atoms with Gasteiger partial charge < -0.3 is 9.88 Å². The Bertz CT molecular complexity index is 1300. The average Bonchev–Trinajstić information content (AvgIpc) is 3.09. The number of hydrogen-bond acceptors (Lipinski definition) is 5. The molecular weight excluding hydrogens is 518 g/mol. The Labute approximate surface area is 219 Å². The summed E-state index contributed by atoms with van der Waals surface area (Å²) in [5, 5.41) is 7.87. The normalized spacial score (nSPS) is 10.9. The van der Waals surface area contributed by atoms with Crippen LogP contribution in [0.5, 0.6) is 0 Å². The highest BCUT2D eigenvalue weighted by Gasteiger charge is 2.18. The van der Waals surface area contributed by atoms with E-state index in [0.29, 0.717) is 23.6 Å². The third-order valence-electron chi connectivity index (χ3n) is 4.82. The van der Waals surface area contributed by atoms with E-state index in [2.05, 4.69) is 25.8 Å². The SMILES string of the molecule is C/C(Cn1c(C)nc2c(NC(=O)c3c(Cl)cccc3Cl)cccc21)=N\Nc1ccccn1.Cl.Cl. The van der Waals surface area contributed by atoms with Gasteiger partial charge in [0, 0.05) is 6.20 Å². The molecule has 7 nitrogen and oxygen atoms in total. The van der Waals surface area contributed by atoms with Crippen molar-refractivity contribution in [1.29, 1.82) is 0 Å². The zero-order chi connectivity index (χ0) is 22.7. The summed E-state index contributed by atoms with van der Waals surface area (Å²) in [5.41, 5.74) is 6.15. The second-order valence-electron chi connectivity index (χ2n) is 7.14. The number of rotatable bonds is 6. The molecule has 0 unspecified atom stereocenters. The van der Waals surface area contributed by atoms with E-state index in [0.717, 1.165) is 17.1 Å². The molecule has 0 aliphatic rings. The number of hydrogen-bond donors (Lipinski definition) is 2. The van der Waals surface area contributed by atoms with Crippen molar-refractivity contribution in [2.24, 2.45) is 5.10 Å². The minimum Gasteiger partial charge on any atom is -0.322 e. The smallest absolute Gasteiger partial charge is 0.258 e. The summed E-state index contributed by atoms with van der Waals surface area (Å²) in [5.74, 6) is 1.07. The molecule has 2 N–H and O–H groups in total. The highest BCUT2D eigenvalue weighted by atomic mass is 35.5. The van der Waals surface area contributed by atoms with Gasteiger partial charge in [-0.1, -0.05) is 41.4 Å². The van der Waals surface area contributed by atoms with Gasteiger partial charge in [0.05, 0.1) is 39.1 Å². The number of nitrogens with zero attached hydrogens (tertiary/aromatic N) is 4. The van der Waals surface area contributed by atoms with E-state index in [-0.39, 0.29) is 40.4 Å². The number of nitrogens with one attached hydrogen (secondary N) is 2. The van der Waals surface area contributed by atoms with Gasteiger partial charge in [-0.2, -0.15) is 5.10 Å². The minimum absolute atomic E-state index is 0. The molecule has 2 aromatic carbocycles. The van der Waals surface area contributed by atoms with Crippen LogP contribution in [0.4, 0.5) is 11.5 Å². The van der Waals surface area contributed by atoms with E-state index in [1.165, 1.54) is 0 Å². The predicted molar refractivity (Wildman–Crippen MR) is 144 cm³/mol. The number of halogens is 4. The summed E-state index contributed by atoms with van der Waals surface area (Å²) in [4.78, 5) is 21.7. The second kappa shape index (κ2) is 12.0. The summed E-state index contributed by atoms with van der Waals surface area (Å²) >= 11 is 12.4. The van der Waals surface area contributed by atoms with E-state index in [9.17, 15) is 4.79 Å². The fourth-order valence-corrected chi connectivity index (χ4v) is 3.88. The number of aryl methyl sites for hydroxylation is 1. The zero-order valence-electron chi connectivity index (χ0n) is 18.3.